The first-order chi connectivity index (χ1) is 9.66. The second kappa shape index (κ2) is 6.84. The summed E-state index contributed by atoms with van der Waals surface area (Å²) in [4.78, 5) is 12.4. The second-order valence-corrected chi connectivity index (χ2v) is 5.55. The third-order valence-corrected chi connectivity index (χ3v) is 4.22. The van der Waals surface area contributed by atoms with Crippen LogP contribution in [0.15, 0.2) is 24.3 Å². The van der Waals surface area contributed by atoms with Crippen LogP contribution in [0.25, 0.3) is 0 Å². The first-order valence-corrected chi connectivity index (χ1v) is 7.40. The second-order valence-electron chi connectivity index (χ2n) is 5.55. The molecule has 1 amide bonds. The van der Waals surface area contributed by atoms with Crippen LogP contribution in [-0.4, -0.2) is 25.5 Å². The lowest BCUT2D eigenvalue weighted by atomic mass is 9.77. The molecule has 0 aromatic heterocycles. The number of piperidine rings is 1. The van der Waals surface area contributed by atoms with Crippen LogP contribution >= 0.6 is 0 Å². The lowest BCUT2D eigenvalue weighted by molar-refractivity contribution is -0.132. The van der Waals surface area contributed by atoms with Crippen molar-refractivity contribution < 1.29 is 9.18 Å². The molecule has 20 heavy (non-hydrogen) atoms. The summed E-state index contributed by atoms with van der Waals surface area (Å²) in [6, 6.07) is 6.53. The topological polar surface area (TPSA) is 41.1 Å². The van der Waals surface area contributed by atoms with Crippen LogP contribution in [0.2, 0.25) is 0 Å². The molecule has 2 rings (SSSR count). The SMILES string of the molecule is CCC1(C(=O)NCCc2cccc(F)c2)CCCNC1. The van der Waals surface area contributed by atoms with Gasteiger partial charge < -0.3 is 10.6 Å². The van der Waals surface area contributed by atoms with Crippen molar-refractivity contribution in [2.75, 3.05) is 19.6 Å². The summed E-state index contributed by atoms with van der Waals surface area (Å²) >= 11 is 0. The van der Waals surface area contributed by atoms with Crippen LogP contribution in [0.1, 0.15) is 31.7 Å². The summed E-state index contributed by atoms with van der Waals surface area (Å²) in [6.45, 7) is 4.39. The number of benzene rings is 1. The van der Waals surface area contributed by atoms with Crippen molar-refractivity contribution in [1.29, 1.82) is 0 Å². The first kappa shape index (κ1) is 15.0. The molecule has 3 nitrogen and oxygen atoms in total. The van der Waals surface area contributed by atoms with Gasteiger partial charge in [-0.25, -0.2) is 4.39 Å². The molecule has 0 spiro atoms. The number of carbonyl (C=O) groups excluding carboxylic acids is 1. The van der Waals surface area contributed by atoms with Gasteiger partial charge in [-0.05, 0) is 49.9 Å². The van der Waals surface area contributed by atoms with E-state index in [0.29, 0.717) is 13.0 Å². The van der Waals surface area contributed by atoms with Crippen molar-refractivity contribution in [1.82, 2.24) is 10.6 Å². The van der Waals surface area contributed by atoms with Gasteiger partial charge in [0.2, 0.25) is 5.91 Å². The molecule has 110 valence electrons. The Morgan fingerprint density at radius 3 is 3.00 bits per heavy atom. The van der Waals surface area contributed by atoms with Gasteiger partial charge in [0.25, 0.3) is 0 Å². The molecule has 0 aliphatic carbocycles. The highest BCUT2D eigenvalue weighted by Crippen LogP contribution is 2.30. The molecule has 0 bridgehead atoms. The number of hydrogen-bond acceptors (Lipinski definition) is 2. The van der Waals surface area contributed by atoms with Gasteiger partial charge in [-0.2, -0.15) is 0 Å². The van der Waals surface area contributed by atoms with Crippen molar-refractivity contribution in [2.45, 2.75) is 32.6 Å². The van der Waals surface area contributed by atoms with Crippen LogP contribution in [0.4, 0.5) is 4.39 Å². The maximum Gasteiger partial charge on any atom is 0.227 e. The van der Waals surface area contributed by atoms with Gasteiger partial charge in [0.1, 0.15) is 5.82 Å². The minimum atomic E-state index is -0.264. The third kappa shape index (κ3) is 3.57. The van der Waals surface area contributed by atoms with E-state index >= 15 is 0 Å². The molecule has 1 aromatic carbocycles. The monoisotopic (exact) mass is 278 g/mol. The Hall–Kier alpha value is -1.42. The van der Waals surface area contributed by atoms with E-state index in [1.807, 2.05) is 6.07 Å². The van der Waals surface area contributed by atoms with Gasteiger partial charge in [-0.15, -0.1) is 0 Å². The van der Waals surface area contributed by atoms with Crippen LogP contribution in [0.5, 0.6) is 0 Å². The largest absolute Gasteiger partial charge is 0.355 e. The zero-order chi connectivity index (χ0) is 14.4. The van der Waals surface area contributed by atoms with Gasteiger partial charge in [-0.1, -0.05) is 19.1 Å². The minimum Gasteiger partial charge on any atom is -0.355 e. The van der Waals surface area contributed by atoms with E-state index < -0.39 is 0 Å². The molecular formula is C16H23FN2O. The quantitative estimate of drug-likeness (QED) is 0.867. The van der Waals surface area contributed by atoms with Crippen molar-refractivity contribution in [3.63, 3.8) is 0 Å². The fraction of sp³-hybridized carbons (Fsp3) is 0.562. The molecule has 1 atom stereocenters. The number of carbonyl (C=O) groups is 1. The number of hydrogen-bond donors (Lipinski definition) is 2. The summed E-state index contributed by atoms with van der Waals surface area (Å²) in [7, 11) is 0. The van der Waals surface area contributed by atoms with Crippen LogP contribution in [-0.2, 0) is 11.2 Å². The Bertz CT molecular complexity index is 456. The van der Waals surface area contributed by atoms with Crippen LogP contribution in [0.3, 0.4) is 0 Å². The molecule has 1 aromatic rings. The molecule has 1 unspecified atom stereocenters. The average molecular weight is 278 g/mol. The van der Waals surface area contributed by atoms with Crippen molar-refractivity contribution >= 4 is 5.91 Å². The van der Waals surface area contributed by atoms with E-state index in [1.165, 1.54) is 12.1 Å². The first-order valence-electron chi connectivity index (χ1n) is 7.40. The highest BCUT2D eigenvalue weighted by Gasteiger charge is 2.37. The number of halogens is 1. The number of rotatable bonds is 5. The zero-order valence-corrected chi connectivity index (χ0v) is 12.0. The summed E-state index contributed by atoms with van der Waals surface area (Å²) in [6.07, 6.45) is 3.51. The van der Waals surface area contributed by atoms with Gasteiger partial charge in [0.15, 0.2) is 0 Å². The summed E-state index contributed by atoms with van der Waals surface area (Å²) in [5, 5.41) is 6.32. The Balaban J connectivity index is 1.85. The van der Waals surface area contributed by atoms with E-state index in [4.69, 9.17) is 0 Å². The van der Waals surface area contributed by atoms with Gasteiger partial charge in [-0.3, -0.25) is 4.79 Å². The Morgan fingerprint density at radius 2 is 2.35 bits per heavy atom. The maximum atomic E-state index is 13.1. The molecule has 1 aliphatic heterocycles. The molecule has 4 heteroatoms. The molecular weight excluding hydrogens is 255 g/mol. The summed E-state index contributed by atoms with van der Waals surface area (Å²) in [5.74, 6) is -0.0982. The third-order valence-electron chi connectivity index (χ3n) is 4.22. The fourth-order valence-corrected chi connectivity index (χ4v) is 2.82. The predicted molar refractivity (Wildman–Crippen MR) is 77.9 cm³/mol. The predicted octanol–water partition coefficient (Wildman–Crippen LogP) is 2.26. The molecule has 1 heterocycles. The van der Waals surface area contributed by atoms with E-state index in [-0.39, 0.29) is 17.1 Å². The fourth-order valence-electron chi connectivity index (χ4n) is 2.82. The van der Waals surface area contributed by atoms with Crippen LogP contribution in [0, 0.1) is 11.2 Å². The standard InChI is InChI=1S/C16H23FN2O/c1-2-16(8-4-9-18-12-16)15(20)19-10-7-13-5-3-6-14(17)11-13/h3,5-6,11,18H,2,4,7-10,12H2,1H3,(H,19,20). The van der Waals surface area contributed by atoms with E-state index in [2.05, 4.69) is 17.6 Å². The Kier molecular flexibility index (Phi) is 5.12. The van der Waals surface area contributed by atoms with Gasteiger partial charge in [0, 0.05) is 13.1 Å². The molecule has 0 radical (unpaired) electrons. The molecule has 2 N–H and O–H groups in total. The maximum absolute atomic E-state index is 13.1. The van der Waals surface area contributed by atoms with E-state index in [1.54, 1.807) is 6.07 Å². The van der Waals surface area contributed by atoms with Crippen molar-refractivity contribution in [3.05, 3.63) is 35.6 Å². The minimum absolute atomic E-state index is 0.128. The number of nitrogens with one attached hydrogen (secondary N) is 2. The highest BCUT2D eigenvalue weighted by molar-refractivity contribution is 5.83. The van der Waals surface area contributed by atoms with E-state index in [0.717, 1.165) is 37.9 Å². The molecule has 1 aliphatic rings. The van der Waals surface area contributed by atoms with Gasteiger partial charge in [0.05, 0.1) is 5.41 Å². The average Bonchev–Trinajstić information content (AvgIpc) is 2.48. The van der Waals surface area contributed by atoms with Gasteiger partial charge >= 0.3 is 0 Å². The zero-order valence-electron chi connectivity index (χ0n) is 12.0. The Labute approximate surface area is 120 Å². The number of amides is 1. The van der Waals surface area contributed by atoms with Crippen molar-refractivity contribution in [2.24, 2.45) is 5.41 Å². The lowest BCUT2D eigenvalue weighted by Gasteiger charge is -2.35. The normalized spacial score (nSPS) is 22.5. The molecule has 0 saturated carbocycles. The summed E-state index contributed by atoms with van der Waals surface area (Å²) in [5.41, 5.74) is 0.651. The lowest BCUT2D eigenvalue weighted by Crippen LogP contribution is -2.50. The smallest absolute Gasteiger partial charge is 0.227 e. The van der Waals surface area contributed by atoms with E-state index in [9.17, 15) is 9.18 Å². The van der Waals surface area contributed by atoms with Crippen LogP contribution < -0.4 is 10.6 Å². The molecule has 1 saturated heterocycles. The Morgan fingerprint density at radius 1 is 1.50 bits per heavy atom. The highest BCUT2D eigenvalue weighted by atomic mass is 19.1. The van der Waals surface area contributed by atoms with Crippen molar-refractivity contribution in [3.8, 4) is 0 Å². The summed E-state index contributed by atoms with van der Waals surface area (Å²) < 4.78 is 13.1. The molecule has 1 fully saturated rings.